The highest BCUT2D eigenvalue weighted by Gasteiger charge is 2.28. The van der Waals surface area contributed by atoms with Crippen LogP contribution in [0.2, 0.25) is 0 Å². The van der Waals surface area contributed by atoms with Gasteiger partial charge in [-0.05, 0) is 70.9 Å². The van der Waals surface area contributed by atoms with Crippen molar-refractivity contribution in [3.63, 3.8) is 0 Å². The number of guanidine groups is 1. The second-order valence-electron chi connectivity index (χ2n) is 9.29. The number of amides is 1. The maximum atomic E-state index is 12.4. The minimum atomic E-state index is 0. The zero-order valence-electron chi connectivity index (χ0n) is 20.5. The summed E-state index contributed by atoms with van der Waals surface area (Å²) in [5, 5.41) is 10.0. The topological polar surface area (TPSA) is 84.0 Å². The van der Waals surface area contributed by atoms with E-state index < -0.39 is 0 Å². The predicted molar refractivity (Wildman–Crippen MR) is 144 cm³/mol. The quantitative estimate of drug-likeness (QED) is 0.245. The van der Waals surface area contributed by atoms with E-state index in [1.807, 2.05) is 26.0 Å². The fourth-order valence-corrected chi connectivity index (χ4v) is 4.63. The summed E-state index contributed by atoms with van der Waals surface area (Å²) in [6, 6.07) is 6.41. The van der Waals surface area contributed by atoms with Crippen molar-refractivity contribution in [2.75, 3.05) is 14.2 Å². The van der Waals surface area contributed by atoms with E-state index in [1.54, 1.807) is 14.2 Å². The van der Waals surface area contributed by atoms with Crippen molar-refractivity contribution in [3.05, 3.63) is 23.8 Å². The first-order valence-electron chi connectivity index (χ1n) is 12.1. The molecular formula is C25H41IN4O3. The SMILES string of the molecule is CN=C(NCc1ccc(OC)cc1OC1CCCC1)NC1CCCC(C(=O)NC(C)C)C1.I. The van der Waals surface area contributed by atoms with Crippen molar-refractivity contribution in [1.82, 2.24) is 16.0 Å². The van der Waals surface area contributed by atoms with Gasteiger partial charge in [-0.25, -0.2) is 0 Å². The number of carbonyl (C=O) groups excluding carboxylic acids is 1. The van der Waals surface area contributed by atoms with E-state index in [1.165, 1.54) is 12.8 Å². The Labute approximate surface area is 215 Å². The summed E-state index contributed by atoms with van der Waals surface area (Å²) in [5.74, 6) is 2.66. The fourth-order valence-electron chi connectivity index (χ4n) is 4.63. The van der Waals surface area contributed by atoms with Crippen LogP contribution in [0, 0.1) is 5.92 Å². The number of methoxy groups -OCH3 is 1. The van der Waals surface area contributed by atoms with Gasteiger partial charge in [0.1, 0.15) is 11.5 Å². The van der Waals surface area contributed by atoms with Crippen molar-refractivity contribution in [1.29, 1.82) is 0 Å². The van der Waals surface area contributed by atoms with Gasteiger partial charge in [-0.1, -0.05) is 6.42 Å². The second kappa shape index (κ2) is 13.9. The molecule has 7 nitrogen and oxygen atoms in total. The summed E-state index contributed by atoms with van der Waals surface area (Å²) >= 11 is 0. The predicted octanol–water partition coefficient (Wildman–Crippen LogP) is 4.38. The van der Waals surface area contributed by atoms with Crippen molar-refractivity contribution >= 4 is 35.8 Å². The van der Waals surface area contributed by atoms with Gasteiger partial charge in [-0.3, -0.25) is 9.79 Å². The number of rotatable bonds is 8. The van der Waals surface area contributed by atoms with Gasteiger partial charge < -0.3 is 25.4 Å². The lowest BCUT2D eigenvalue weighted by atomic mass is 9.85. The molecule has 2 unspecified atom stereocenters. The third kappa shape index (κ3) is 8.54. The van der Waals surface area contributed by atoms with E-state index in [4.69, 9.17) is 9.47 Å². The van der Waals surface area contributed by atoms with Crippen LogP contribution in [0.5, 0.6) is 11.5 Å². The standard InChI is InChI=1S/C25H40N4O3.HI/c1-17(2)28-24(30)18-8-7-9-20(14-18)29-25(26-3)27-16-19-12-13-22(31-4)15-23(19)32-21-10-5-6-11-21;/h12-13,15,17-18,20-21H,5-11,14,16H2,1-4H3,(H,28,30)(H2,26,27,29);1H. The number of halogens is 1. The van der Waals surface area contributed by atoms with E-state index in [2.05, 4.69) is 27.0 Å². The van der Waals surface area contributed by atoms with Crippen LogP contribution in [0.15, 0.2) is 23.2 Å². The van der Waals surface area contributed by atoms with Crippen LogP contribution in [0.1, 0.15) is 70.8 Å². The van der Waals surface area contributed by atoms with Crippen molar-refractivity contribution in [3.8, 4) is 11.5 Å². The van der Waals surface area contributed by atoms with E-state index in [0.717, 1.165) is 61.5 Å². The van der Waals surface area contributed by atoms with Crippen LogP contribution >= 0.6 is 24.0 Å². The summed E-state index contributed by atoms with van der Waals surface area (Å²) in [6.07, 6.45) is 8.85. The van der Waals surface area contributed by atoms with Gasteiger partial charge in [0, 0.05) is 43.2 Å². The minimum absolute atomic E-state index is 0. The molecule has 33 heavy (non-hydrogen) atoms. The van der Waals surface area contributed by atoms with Crippen LogP contribution < -0.4 is 25.4 Å². The Bertz CT molecular complexity index is 781. The molecule has 3 N–H and O–H groups in total. The van der Waals surface area contributed by atoms with Gasteiger partial charge in [0.25, 0.3) is 0 Å². The fraction of sp³-hybridized carbons (Fsp3) is 0.680. The Morgan fingerprint density at radius 3 is 2.58 bits per heavy atom. The highest BCUT2D eigenvalue weighted by atomic mass is 127. The maximum absolute atomic E-state index is 12.4. The number of ether oxygens (including phenoxy) is 2. The van der Waals surface area contributed by atoms with E-state index in [-0.39, 0.29) is 54.0 Å². The van der Waals surface area contributed by atoms with E-state index in [0.29, 0.717) is 6.54 Å². The Kier molecular flexibility index (Phi) is 11.6. The molecule has 1 aromatic carbocycles. The monoisotopic (exact) mass is 572 g/mol. The molecule has 0 radical (unpaired) electrons. The maximum Gasteiger partial charge on any atom is 0.223 e. The summed E-state index contributed by atoms with van der Waals surface area (Å²) in [4.78, 5) is 16.9. The number of hydrogen-bond donors (Lipinski definition) is 3. The molecule has 2 atom stereocenters. The molecule has 0 spiro atoms. The lowest BCUT2D eigenvalue weighted by Crippen LogP contribution is -2.47. The van der Waals surface area contributed by atoms with Gasteiger partial charge in [0.15, 0.2) is 5.96 Å². The number of hydrogen-bond acceptors (Lipinski definition) is 4. The van der Waals surface area contributed by atoms with Crippen molar-refractivity contribution < 1.29 is 14.3 Å². The molecule has 1 amide bonds. The minimum Gasteiger partial charge on any atom is -0.497 e. The lowest BCUT2D eigenvalue weighted by molar-refractivity contribution is -0.126. The van der Waals surface area contributed by atoms with Crippen molar-refractivity contribution in [2.24, 2.45) is 10.9 Å². The summed E-state index contributed by atoms with van der Waals surface area (Å²) in [5.41, 5.74) is 1.08. The zero-order valence-corrected chi connectivity index (χ0v) is 22.8. The van der Waals surface area contributed by atoms with Gasteiger partial charge in [0.05, 0.1) is 13.2 Å². The van der Waals surface area contributed by atoms with Gasteiger partial charge in [-0.2, -0.15) is 0 Å². The lowest BCUT2D eigenvalue weighted by Gasteiger charge is -2.30. The van der Waals surface area contributed by atoms with Gasteiger partial charge in [-0.15, -0.1) is 24.0 Å². The Hall–Kier alpha value is -1.71. The Morgan fingerprint density at radius 2 is 1.91 bits per heavy atom. The van der Waals surface area contributed by atoms with E-state index in [9.17, 15) is 4.79 Å². The third-order valence-corrected chi connectivity index (χ3v) is 6.36. The smallest absolute Gasteiger partial charge is 0.223 e. The van der Waals surface area contributed by atoms with E-state index >= 15 is 0 Å². The summed E-state index contributed by atoms with van der Waals surface area (Å²) in [7, 11) is 3.46. The number of benzene rings is 1. The van der Waals surface area contributed by atoms with Gasteiger partial charge >= 0.3 is 0 Å². The molecule has 0 bridgehead atoms. The second-order valence-corrected chi connectivity index (χ2v) is 9.29. The van der Waals surface area contributed by atoms with Crippen LogP contribution in [-0.2, 0) is 11.3 Å². The normalized spacial score (nSPS) is 21.3. The molecular weight excluding hydrogens is 531 g/mol. The molecule has 2 fully saturated rings. The van der Waals surface area contributed by atoms with Crippen LogP contribution in [0.3, 0.4) is 0 Å². The average molecular weight is 573 g/mol. The number of carbonyl (C=O) groups is 1. The molecule has 0 saturated heterocycles. The largest absolute Gasteiger partial charge is 0.497 e. The first-order valence-corrected chi connectivity index (χ1v) is 12.1. The third-order valence-electron chi connectivity index (χ3n) is 6.36. The average Bonchev–Trinajstić information content (AvgIpc) is 3.30. The van der Waals surface area contributed by atoms with Crippen LogP contribution in [0.25, 0.3) is 0 Å². The van der Waals surface area contributed by atoms with Gasteiger partial charge in [0.2, 0.25) is 5.91 Å². The molecule has 0 heterocycles. The molecule has 0 aromatic heterocycles. The molecule has 3 rings (SSSR count). The number of nitrogens with zero attached hydrogens (tertiary/aromatic N) is 1. The summed E-state index contributed by atoms with van der Waals surface area (Å²) in [6.45, 7) is 4.62. The molecule has 2 aliphatic rings. The Morgan fingerprint density at radius 1 is 1.15 bits per heavy atom. The van der Waals surface area contributed by atoms with Crippen LogP contribution in [-0.4, -0.2) is 44.2 Å². The molecule has 1 aromatic rings. The van der Waals surface area contributed by atoms with Crippen molar-refractivity contribution in [2.45, 2.75) is 89.9 Å². The first-order chi connectivity index (χ1) is 15.5. The van der Waals surface area contributed by atoms with Crippen LogP contribution in [0.4, 0.5) is 0 Å². The number of nitrogens with one attached hydrogen (secondary N) is 3. The molecule has 8 heteroatoms. The molecule has 2 aliphatic carbocycles. The zero-order chi connectivity index (χ0) is 22.9. The Balaban J connectivity index is 0.00000385. The number of aliphatic imine (C=N–C) groups is 1. The molecule has 0 aliphatic heterocycles. The first kappa shape index (κ1) is 27.5. The summed E-state index contributed by atoms with van der Waals surface area (Å²) < 4.78 is 11.7. The highest BCUT2D eigenvalue weighted by molar-refractivity contribution is 14.0. The molecule has 186 valence electrons. The highest BCUT2D eigenvalue weighted by Crippen LogP contribution is 2.30. The molecule has 2 saturated carbocycles.